The Morgan fingerprint density at radius 1 is 1.06 bits per heavy atom. The van der Waals surface area contributed by atoms with E-state index in [-0.39, 0.29) is 6.61 Å². The molecule has 0 aliphatic heterocycles. The van der Waals surface area contributed by atoms with Gasteiger partial charge < -0.3 is 9.47 Å². The van der Waals surface area contributed by atoms with Crippen LogP contribution >= 0.6 is 0 Å². The van der Waals surface area contributed by atoms with Crippen LogP contribution in [0.15, 0.2) is 0 Å². The average Bonchev–Trinajstić information content (AvgIpc) is 2.13. The van der Waals surface area contributed by atoms with E-state index in [2.05, 4.69) is 4.74 Å². The van der Waals surface area contributed by atoms with Crippen molar-refractivity contribution in [1.82, 2.24) is 0 Å². The van der Waals surface area contributed by atoms with Crippen LogP contribution < -0.4 is 0 Å². The standard InChI is InChI=1S/C9H15F5O2/c1-3-4-5-15-7(2)16-6-8(10,11)9(12,13)14/h7H,3-6H2,1-2H3. The van der Waals surface area contributed by atoms with E-state index < -0.39 is 25.0 Å². The summed E-state index contributed by atoms with van der Waals surface area (Å²) in [5.41, 5.74) is 0. The van der Waals surface area contributed by atoms with Crippen molar-refractivity contribution in [1.29, 1.82) is 0 Å². The van der Waals surface area contributed by atoms with E-state index in [1.54, 1.807) is 0 Å². The van der Waals surface area contributed by atoms with Crippen molar-refractivity contribution in [2.24, 2.45) is 0 Å². The third kappa shape index (κ3) is 5.60. The Labute approximate surface area is 90.7 Å². The highest BCUT2D eigenvalue weighted by Gasteiger charge is 2.57. The minimum Gasteiger partial charge on any atom is -0.353 e. The molecular weight excluding hydrogens is 235 g/mol. The van der Waals surface area contributed by atoms with Crippen LogP contribution in [0.5, 0.6) is 0 Å². The lowest BCUT2D eigenvalue weighted by Gasteiger charge is -2.21. The highest BCUT2D eigenvalue weighted by Crippen LogP contribution is 2.35. The van der Waals surface area contributed by atoms with Gasteiger partial charge in [-0.2, -0.15) is 22.0 Å². The summed E-state index contributed by atoms with van der Waals surface area (Å²) in [7, 11) is 0. The van der Waals surface area contributed by atoms with Crippen molar-refractivity contribution in [3.63, 3.8) is 0 Å². The third-order valence-corrected chi connectivity index (χ3v) is 1.76. The van der Waals surface area contributed by atoms with Gasteiger partial charge in [0.1, 0.15) is 6.61 Å². The largest absolute Gasteiger partial charge is 0.455 e. The third-order valence-electron chi connectivity index (χ3n) is 1.76. The summed E-state index contributed by atoms with van der Waals surface area (Å²) in [4.78, 5) is 0. The molecule has 0 aromatic rings. The molecule has 0 aromatic heterocycles. The zero-order valence-corrected chi connectivity index (χ0v) is 9.11. The van der Waals surface area contributed by atoms with Gasteiger partial charge in [-0.1, -0.05) is 13.3 Å². The summed E-state index contributed by atoms with van der Waals surface area (Å²) < 4.78 is 69.1. The fourth-order valence-corrected chi connectivity index (χ4v) is 0.746. The van der Waals surface area contributed by atoms with E-state index in [4.69, 9.17) is 4.74 Å². The second kappa shape index (κ2) is 6.34. The first-order valence-electron chi connectivity index (χ1n) is 4.88. The number of hydrogen-bond donors (Lipinski definition) is 0. The number of alkyl halides is 5. The SMILES string of the molecule is CCCCOC(C)OCC(F)(F)C(F)(F)F. The molecule has 0 amide bonds. The van der Waals surface area contributed by atoms with Gasteiger partial charge in [0, 0.05) is 6.61 Å². The van der Waals surface area contributed by atoms with Crippen LogP contribution in [0.3, 0.4) is 0 Å². The summed E-state index contributed by atoms with van der Waals surface area (Å²) in [5.74, 6) is -4.84. The van der Waals surface area contributed by atoms with Gasteiger partial charge in [-0.15, -0.1) is 0 Å². The average molecular weight is 250 g/mol. The second-order valence-electron chi connectivity index (χ2n) is 3.31. The van der Waals surface area contributed by atoms with Gasteiger partial charge in [-0.05, 0) is 13.3 Å². The predicted octanol–water partition coefficient (Wildman–Crippen LogP) is 3.36. The van der Waals surface area contributed by atoms with Gasteiger partial charge in [-0.25, -0.2) is 0 Å². The molecule has 0 aliphatic rings. The number of rotatable bonds is 7. The summed E-state index contributed by atoms with van der Waals surface area (Å²) >= 11 is 0. The van der Waals surface area contributed by atoms with Crippen LogP contribution in [0.1, 0.15) is 26.7 Å². The predicted molar refractivity (Wildman–Crippen MR) is 47.3 cm³/mol. The van der Waals surface area contributed by atoms with Gasteiger partial charge in [0.05, 0.1) is 0 Å². The summed E-state index contributed by atoms with van der Waals surface area (Å²) in [6, 6.07) is 0. The molecule has 0 saturated carbocycles. The Bertz CT molecular complexity index is 193. The number of halogens is 5. The molecule has 0 saturated heterocycles. The molecule has 0 aromatic carbocycles. The first-order valence-corrected chi connectivity index (χ1v) is 4.88. The Hall–Kier alpha value is -0.430. The van der Waals surface area contributed by atoms with Crippen LogP contribution in [-0.4, -0.2) is 31.6 Å². The first kappa shape index (κ1) is 15.6. The molecule has 0 rings (SSSR count). The topological polar surface area (TPSA) is 18.5 Å². The molecule has 98 valence electrons. The second-order valence-corrected chi connectivity index (χ2v) is 3.31. The minimum atomic E-state index is -5.59. The van der Waals surface area contributed by atoms with Crippen LogP contribution in [-0.2, 0) is 9.47 Å². The lowest BCUT2D eigenvalue weighted by atomic mass is 10.3. The van der Waals surface area contributed by atoms with Gasteiger partial charge in [-0.3, -0.25) is 0 Å². The van der Waals surface area contributed by atoms with Crippen molar-refractivity contribution in [3.05, 3.63) is 0 Å². The molecule has 0 aliphatic carbocycles. The molecule has 0 N–H and O–H groups in total. The van der Waals surface area contributed by atoms with E-state index in [0.717, 1.165) is 6.42 Å². The maximum absolute atomic E-state index is 12.4. The van der Waals surface area contributed by atoms with Crippen LogP contribution in [0.25, 0.3) is 0 Å². The molecule has 2 nitrogen and oxygen atoms in total. The highest BCUT2D eigenvalue weighted by atomic mass is 19.4. The quantitative estimate of drug-likeness (QED) is 0.392. The summed E-state index contributed by atoms with van der Waals surface area (Å²) in [5, 5.41) is 0. The monoisotopic (exact) mass is 250 g/mol. The Morgan fingerprint density at radius 3 is 2.06 bits per heavy atom. The summed E-state index contributed by atoms with van der Waals surface area (Å²) in [6.45, 7) is 1.73. The minimum absolute atomic E-state index is 0.273. The maximum atomic E-state index is 12.4. The Morgan fingerprint density at radius 2 is 1.62 bits per heavy atom. The number of unbranched alkanes of at least 4 members (excludes halogenated alkanes) is 1. The summed E-state index contributed by atoms with van der Waals surface area (Å²) in [6.07, 6.45) is -5.12. The number of ether oxygens (including phenoxy) is 2. The molecule has 1 atom stereocenters. The Balaban J connectivity index is 3.86. The van der Waals surface area contributed by atoms with E-state index >= 15 is 0 Å². The maximum Gasteiger partial charge on any atom is 0.455 e. The van der Waals surface area contributed by atoms with Crippen molar-refractivity contribution < 1.29 is 31.4 Å². The van der Waals surface area contributed by atoms with Gasteiger partial charge >= 0.3 is 12.1 Å². The zero-order valence-electron chi connectivity index (χ0n) is 9.11. The van der Waals surface area contributed by atoms with Crippen LogP contribution in [0, 0.1) is 0 Å². The van der Waals surface area contributed by atoms with Crippen molar-refractivity contribution >= 4 is 0 Å². The molecule has 0 heterocycles. The fourth-order valence-electron chi connectivity index (χ4n) is 0.746. The van der Waals surface area contributed by atoms with Crippen LogP contribution in [0.4, 0.5) is 22.0 Å². The molecule has 1 unspecified atom stereocenters. The fraction of sp³-hybridized carbons (Fsp3) is 1.00. The van der Waals surface area contributed by atoms with Gasteiger partial charge in [0.15, 0.2) is 6.29 Å². The van der Waals surface area contributed by atoms with E-state index in [9.17, 15) is 22.0 Å². The molecule has 0 radical (unpaired) electrons. The highest BCUT2D eigenvalue weighted by molar-refractivity contribution is 4.74. The molecule has 0 fully saturated rings. The van der Waals surface area contributed by atoms with Crippen LogP contribution in [0.2, 0.25) is 0 Å². The Kier molecular flexibility index (Phi) is 6.17. The molecule has 7 heteroatoms. The molecule has 0 bridgehead atoms. The molecule has 0 spiro atoms. The molecular formula is C9H15F5O2. The van der Waals surface area contributed by atoms with Gasteiger partial charge in [0.2, 0.25) is 0 Å². The molecule has 16 heavy (non-hydrogen) atoms. The van der Waals surface area contributed by atoms with Crippen molar-refractivity contribution in [2.75, 3.05) is 13.2 Å². The smallest absolute Gasteiger partial charge is 0.353 e. The lowest BCUT2D eigenvalue weighted by Crippen LogP contribution is -2.41. The number of hydrogen-bond acceptors (Lipinski definition) is 2. The van der Waals surface area contributed by atoms with E-state index in [1.165, 1.54) is 6.92 Å². The van der Waals surface area contributed by atoms with Crippen molar-refractivity contribution in [2.45, 2.75) is 45.1 Å². The van der Waals surface area contributed by atoms with Crippen molar-refractivity contribution in [3.8, 4) is 0 Å². The lowest BCUT2D eigenvalue weighted by molar-refractivity contribution is -0.308. The van der Waals surface area contributed by atoms with E-state index in [0.29, 0.717) is 6.42 Å². The first-order chi connectivity index (χ1) is 7.20. The zero-order chi connectivity index (χ0) is 12.8. The van der Waals surface area contributed by atoms with Gasteiger partial charge in [0.25, 0.3) is 0 Å². The van der Waals surface area contributed by atoms with E-state index in [1.807, 2.05) is 6.92 Å². The normalized spacial score (nSPS) is 15.2.